The number of hydrogen-bond donors (Lipinski definition) is 1. The molecule has 0 aliphatic heterocycles. The molecule has 0 fully saturated rings. The molecule has 1 amide bonds. The first-order chi connectivity index (χ1) is 10.6. The number of hydrogen-bond acceptors (Lipinski definition) is 2. The summed E-state index contributed by atoms with van der Waals surface area (Å²) in [5.74, 6) is -21.0. The van der Waals surface area contributed by atoms with Crippen LogP contribution in [0.4, 0.5) is 39.5 Å². The van der Waals surface area contributed by atoms with Crippen LogP contribution in [-0.2, 0) is 0 Å². The lowest BCUT2D eigenvalue weighted by molar-refractivity contribution is -0.398. The SMILES string of the molecule is NC(=O)c1ccc(OCC(F)(F)C(F)(F)C(F)(F)C(F)(F)F)cc1. The maximum atomic E-state index is 13.2. The van der Waals surface area contributed by atoms with Gasteiger partial charge in [0, 0.05) is 5.56 Å². The maximum absolute atomic E-state index is 13.2. The van der Waals surface area contributed by atoms with Crippen LogP contribution in [0.15, 0.2) is 24.3 Å². The van der Waals surface area contributed by atoms with Crippen molar-refractivity contribution < 1.29 is 49.0 Å². The van der Waals surface area contributed by atoms with Gasteiger partial charge >= 0.3 is 23.9 Å². The minimum absolute atomic E-state index is 0.108. The van der Waals surface area contributed by atoms with Gasteiger partial charge in [0.25, 0.3) is 0 Å². The van der Waals surface area contributed by atoms with Gasteiger partial charge in [0.2, 0.25) is 5.91 Å². The van der Waals surface area contributed by atoms with Gasteiger partial charge in [-0.05, 0) is 24.3 Å². The Labute approximate surface area is 128 Å². The number of amides is 1. The van der Waals surface area contributed by atoms with Gasteiger partial charge in [-0.15, -0.1) is 0 Å². The van der Waals surface area contributed by atoms with Gasteiger partial charge in [0.15, 0.2) is 6.61 Å². The average Bonchev–Trinajstić information content (AvgIpc) is 2.44. The highest BCUT2D eigenvalue weighted by Crippen LogP contribution is 2.53. The van der Waals surface area contributed by atoms with Crippen molar-refractivity contribution in [3.63, 3.8) is 0 Å². The molecule has 24 heavy (non-hydrogen) atoms. The molecule has 0 unspecified atom stereocenters. The Morgan fingerprint density at radius 1 is 0.875 bits per heavy atom. The van der Waals surface area contributed by atoms with Crippen molar-refractivity contribution in [1.82, 2.24) is 0 Å². The Balaban J connectivity index is 2.94. The molecule has 1 rings (SSSR count). The smallest absolute Gasteiger partial charge is 0.460 e. The molecule has 0 saturated carbocycles. The fraction of sp³-hybridized carbons (Fsp3) is 0.417. The molecule has 0 heterocycles. The van der Waals surface area contributed by atoms with Crippen LogP contribution in [0, 0.1) is 0 Å². The lowest BCUT2D eigenvalue weighted by Crippen LogP contribution is -2.62. The summed E-state index contributed by atoms with van der Waals surface area (Å²) < 4.78 is 117. The van der Waals surface area contributed by atoms with Crippen LogP contribution < -0.4 is 10.5 Å². The molecule has 1 aromatic rings. The molecule has 0 bridgehead atoms. The van der Waals surface area contributed by atoms with Crippen LogP contribution in [0.5, 0.6) is 5.75 Å². The third kappa shape index (κ3) is 3.51. The zero-order valence-electron chi connectivity index (χ0n) is 11.3. The number of carbonyl (C=O) groups is 1. The van der Waals surface area contributed by atoms with E-state index in [1.165, 1.54) is 0 Å². The van der Waals surface area contributed by atoms with E-state index >= 15 is 0 Å². The summed E-state index contributed by atoms with van der Waals surface area (Å²) in [6, 6.07) is 3.52. The summed E-state index contributed by atoms with van der Waals surface area (Å²) >= 11 is 0. The molecule has 0 spiro atoms. The third-order valence-corrected chi connectivity index (χ3v) is 2.77. The second kappa shape index (κ2) is 6.06. The normalized spacial score (nSPS) is 13.7. The maximum Gasteiger partial charge on any atom is 0.460 e. The predicted octanol–water partition coefficient (Wildman–Crippen LogP) is 3.63. The van der Waals surface area contributed by atoms with Crippen LogP contribution in [-0.4, -0.2) is 36.5 Å². The van der Waals surface area contributed by atoms with E-state index in [2.05, 4.69) is 4.74 Å². The monoisotopic (exact) mass is 369 g/mol. The van der Waals surface area contributed by atoms with Gasteiger partial charge in [-0.25, -0.2) is 0 Å². The van der Waals surface area contributed by atoms with Crippen molar-refractivity contribution in [3.05, 3.63) is 29.8 Å². The summed E-state index contributed by atoms with van der Waals surface area (Å²) in [6.45, 7) is -2.46. The van der Waals surface area contributed by atoms with Gasteiger partial charge in [0.05, 0.1) is 0 Å². The first kappa shape index (κ1) is 19.9. The van der Waals surface area contributed by atoms with Crippen molar-refractivity contribution in [2.45, 2.75) is 23.9 Å². The van der Waals surface area contributed by atoms with E-state index in [9.17, 15) is 44.3 Å². The fourth-order valence-electron chi connectivity index (χ4n) is 1.39. The average molecular weight is 369 g/mol. The van der Waals surface area contributed by atoms with Gasteiger partial charge in [-0.3, -0.25) is 4.79 Å². The summed E-state index contributed by atoms with van der Waals surface area (Å²) in [4.78, 5) is 10.7. The Morgan fingerprint density at radius 2 is 1.33 bits per heavy atom. The molecule has 0 radical (unpaired) electrons. The topological polar surface area (TPSA) is 52.3 Å². The fourth-order valence-corrected chi connectivity index (χ4v) is 1.39. The Bertz CT molecular complexity index is 596. The van der Waals surface area contributed by atoms with E-state index in [0.717, 1.165) is 24.3 Å². The number of benzene rings is 1. The highest BCUT2D eigenvalue weighted by Gasteiger charge is 2.81. The molecule has 0 aliphatic carbocycles. The van der Waals surface area contributed by atoms with E-state index < -0.39 is 42.2 Å². The van der Waals surface area contributed by atoms with E-state index in [-0.39, 0.29) is 5.56 Å². The van der Waals surface area contributed by atoms with Crippen molar-refractivity contribution in [3.8, 4) is 5.75 Å². The molecule has 1 aromatic carbocycles. The molecule has 3 nitrogen and oxygen atoms in total. The number of nitrogens with two attached hydrogens (primary N) is 1. The molecule has 2 N–H and O–H groups in total. The number of halogens is 9. The summed E-state index contributed by atoms with van der Waals surface area (Å²) in [7, 11) is 0. The Morgan fingerprint density at radius 3 is 1.71 bits per heavy atom. The van der Waals surface area contributed by atoms with Crippen LogP contribution in [0.25, 0.3) is 0 Å². The van der Waals surface area contributed by atoms with Crippen molar-refractivity contribution in [2.24, 2.45) is 5.73 Å². The second-order valence-electron chi connectivity index (χ2n) is 4.53. The molecule has 136 valence electrons. The minimum Gasteiger partial charge on any atom is -0.487 e. The second-order valence-corrected chi connectivity index (χ2v) is 4.53. The predicted molar refractivity (Wildman–Crippen MR) is 61.4 cm³/mol. The highest BCUT2D eigenvalue weighted by atomic mass is 19.4. The van der Waals surface area contributed by atoms with E-state index in [1.807, 2.05) is 0 Å². The van der Waals surface area contributed by atoms with E-state index in [4.69, 9.17) is 5.73 Å². The van der Waals surface area contributed by atoms with Gasteiger partial charge in [0.1, 0.15) is 5.75 Å². The molecule has 0 atom stereocenters. The standard InChI is InChI=1S/C12H8F9NO2/c13-9(14,10(15,16)11(17,18)12(19,20)21)5-24-7-3-1-6(2-4-7)8(22)23/h1-4H,5H2,(H2,22,23). The van der Waals surface area contributed by atoms with E-state index in [1.54, 1.807) is 0 Å². The molecular weight excluding hydrogens is 361 g/mol. The zero-order valence-corrected chi connectivity index (χ0v) is 11.3. The van der Waals surface area contributed by atoms with Crippen LogP contribution >= 0.6 is 0 Å². The summed E-state index contributed by atoms with van der Waals surface area (Å²) in [5, 5.41) is 0. The number of primary amides is 1. The first-order valence-electron chi connectivity index (χ1n) is 5.86. The quantitative estimate of drug-likeness (QED) is 0.779. The molecule has 0 aromatic heterocycles. The van der Waals surface area contributed by atoms with Crippen LogP contribution in [0.2, 0.25) is 0 Å². The van der Waals surface area contributed by atoms with Crippen molar-refractivity contribution in [2.75, 3.05) is 6.61 Å². The van der Waals surface area contributed by atoms with E-state index in [0.29, 0.717) is 0 Å². The molecule has 0 aliphatic rings. The number of rotatable bonds is 6. The van der Waals surface area contributed by atoms with Crippen molar-refractivity contribution >= 4 is 5.91 Å². The number of alkyl halides is 9. The Kier molecular flexibility index (Phi) is 5.02. The Hall–Kier alpha value is -2.14. The largest absolute Gasteiger partial charge is 0.487 e. The molecule has 12 heteroatoms. The lowest BCUT2D eigenvalue weighted by Gasteiger charge is -2.33. The van der Waals surface area contributed by atoms with Crippen molar-refractivity contribution in [1.29, 1.82) is 0 Å². The minimum atomic E-state index is -6.97. The molecular formula is C12H8F9NO2. The van der Waals surface area contributed by atoms with Crippen LogP contribution in [0.1, 0.15) is 10.4 Å². The van der Waals surface area contributed by atoms with Gasteiger partial charge in [-0.1, -0.05) is 0 Å². The number of carbonyl (C=O) groups excluding carboxylic acids is 1. The summed E-state index contributed by atoms with van der Waals surface area (Å²) in [5.41, 5.74) is 4.76. The zero-order chi connectivity index (χ0) is 19.0. The highest BCUT2D eigenvalue weighted by molar-refractivity contribution is 5.92. The van der Waals surface area contributed by atoms with Crippen LogP contribution in [0.3, 0.4) is 0 Å². The molecule has 0 saturated heterocycles. The third-order valence-electron chi connectivity index (χ3n) is 2.77. The first-order valence-corrected chi connectivity index (χ1v) is 5.86. The van der Waals surface area contributed by atoms with Gasteiger partial charge < -0.3 is 10.5 Å². The lowest BCUT2D eigenvalue weighted by atomic mass is 10.0. The van der Waals surface area contributed by atoms with Gasteiger partial charge in [-0.2, -0.15) is 39.5 Å². The summed E-state index contributed by atoms with van der Waals surface area (Å²) in [6.07, 6.45) is -6.89. The number of ether oxygens (including phenoxy) is 1.